The van der Waals surface area contributed by atoms with E-state index in [4.69, 9.17) is 4.98 Å². The summed E-state index contributed by atoms with van der Waals surface area (Å²) in [4.78, 5) is 22.9. The average molecular weight is 351 g/mol. The van der Waals surface area contributed by atoms with Gasteiger partial charge in [0.25, 0.3) is 0 Å². The summed E-state index contributed by atoms with van der Waals surface area (Å²) in [6.45, 7) is 3.69. The van der Waals surface area contributed by atoms with Crippen LogP contribution in [-0.4, -0.2) is 43.6 Å². The minimum atomic E-state index is 0.228. The maximum absolute atomic E-state index is 12.6. The minimum Gasteiger partial charge on any atom is -0.342 e. The Bertz CT molecular complexity index is 925. The normalized spacial score (nSPS) is 17.8. The molecule has 3 aromatic rings. The lowest BCUT2D eigenvalue weighted by Gasteiger charge is -2.32. The molecule has 0 spiro atoms. The van der Waals surface area contributed by atoms with Crippen LogP contribution in [0.25, 0.3) is 11.0 Å². The first kappa shape index (κ1) is 16.8. The lowest BCUT2D eigenvalue weighted by molar-refractivity contribution is -0.132. The van der Waals surface area contributed by atoms with Gasteiger partial charge in [0.1, 0.15) is 5.82 Å². The Balaban J connectivity index is 1.42. The number of para-hydroxylation sites is 1. The number of aryl methyl sites for hydroxylation is 3. The monoisotopic (exact) mass is 351 g/mol. The van der Waals surface area contributed by atoms with E-state index in [2.05, 4.69) is 35.2 Å². The third-order valence-electron chi connectivity index (χ3n) is 5.28. The second kappa shape index (κ2) is 6.94. The fraction of sp³-hybridized carbons (Fsp3) is 0.450. The Morgan fingerprint density at radius 1 is 1.38 bits per heavy atom. The van der Waals surface area contributed by atoms with Crippen molar-refractivity contribution >= 4 is 16.9 Å². The minimum absolute atomic E-state index is 0.228. The van der Waals surface area contributed by atoms with Crippen molar-refractivity contribution in [1.29, 1.82) is 0 Å². The van der Waals surface area contributed by atoms with Crippen LogP contribution in [0.15, 0.2) is 30.6 Å². The highest BCUT2D eigenvalue weighted by atomic mass is 16.2. The predicted octanol–water partition coefficient (Wildman–Crippen LogP) is 2.94. The summed E-state index contributed by atoms with van der Waals surface area (Å²) >= 11 is 0. The third kappa shape index (κ3) is 3.36. The molecule has 1 fully saturated rings. The molecule has 1 amide bonds. The molecule has 1 aromatic carbocycles. The molecule has 26 heavy (non-hydrogen) atoms. The van der Waals surface area contributed by atoms with Crippen molar-refractivity contribution in [3.63, 3.8) is 0 Å². The highest BCUT2D eigenvalue weighted by Crippen LogP contribution is 2.28. The molecule has 1 saturated heterocycles. The van der Waals surface area contributed by atoms with Gasteiger partial charge in [0.15, 0.2) is 0 Å². The van der Waals surface area contributed by atoms with Gasteiger partial charge < -0.3 is 9.88 Å². The van der Waals surface area contributed by atoms with E-state index in [1.165, 1.54) is 5.56 Å². The lowest BCUT2D eigenvalue weighted by Crippen LogP contribution is -2.39. The largest absolute Gasteiger partial charge is 0.342 e. The van der Waals surface area contributed by atoms with Gasteiger partial charge in [0.05, 0.1) is 17.2 Å². The van der Waals surface area contributed by atoms with Gasteiger partial charge in [-0.2, -0.15) is 5.10 Å². The van der Waals surface area contributed by atoms with Crippen molar-refractivity contribution in [1.82, 2.24) is 24.6 Å². The van der Waals surface area contributed by atoms with Crippen LogP contribution in [-0.2, 0) is 18.3 Å². The molecule has 0 radical (unpaired) electrons. The number of hydrogen-bond acceptors (Lipinski definition) is 3. The van der Waals surface area contributed by atoms with E-state index in [0.717, 1.165) is 54.8 Å². The fourth-order valence-corrected chi connectivity index (χ4v) is 3.83. The Morgan fingerprint density at radius 2 is 2.27 bits per heavy atom. The molecule has 0 saturated carbocycles. The van der Waals surface area contributed by atoms with Crippen molar-refractivity contribution in [2.45, 2.75) is 38.5 Å². The summed E-state index contributed by atoms with van der Waals surface area (Å²) in [6, 6.07) is 6.20. The summed E-state index contributed by atoms with van der Waals surface area (Å²) in [5.74, 6) is 1.53. The highest BCUT2D eigenvalue weighted by Gasteiger charge is 2.26. The van der Waals surface area contributed by atoms with E-state index in [0.29, 0.717) is 6.42 Å². The second-order valence-corrected chi connectivity index (χ2v) is 7.29. The molecule has 1 atom stereocenters. The van der Waals surface area contributed by atoms with Gasteiger partial charge in [-0.15, -0.1) is 0 Å². The van der Waals surface area contributed by atoms with E-state index >= 15 is 0 Å². The molecule has 4 rings (SSSR count). The maximum Gasteiger partial charge on any atom is 0.222 e. The molecular formula is C20H25N5O. The number of aromatic nitrogens is 4. The highest BCUT2D eigenvalue weighted by molar-refractivity contribution is 5.79. The zero-order valence-electron chi connectivity index (χ0n) is 15.4. The quantitative estimate of drug-likeness (QED) is 0.786. The molecule has 1 N–H and O–H groups in total. The number of amides is 1. The number of rotatable bonds is 4. The number of nitrogens with one attached hydrogen (secondary N) is 1. The lowest BCUT2D eigenvalue weighted by atomic mass is 9.97. The molecule has 1 aliphatic heterocycles. The van der Waals surface area contributed by atoms with Crippen LogP contribution in [0.4, 0.5) is 0 Å². The Labute approximate surface area is 153 Å². The van der Waals surface area contributed by atoms with Crippen LogP contribution in [0.5, 0.6) is 0 Å². The summed E-state index contributed by atoms with van der Waals surface area (Å²) < 4.78 is 1.78. The first-order chi connectivity index (χ1) is 12.6. The molecule has 136 valence electrons. The van der Waals surface area contributed by atoms with E-state index in [1.807, 2.05) is 24.3 Å². The molecule has 0 unspecified atom stereocenters. The smallest absolute Gasteiger partial charge is 0.222 e. The topological polar surface area (TPSA) is 66.8 Å². The summed E-state index contributed by atoms with van der Waals surface area (Å²) in [7, 11) is 1.90. The molecule has 0 aliphatic carbocycles. The Kier molecular flexibility index (Phi) is 4.49. The number of aromatic amines is 1. The molecule has 6 nitrogen and oxygen atoms in total. The van der Waals surface area contributed by atoms with Gasteiger partial charge in [-0.05, 0) is 43.4 Å². The van der Waals surface area contributed by atoms with E-state index < -0.39 is 0 Å². The van der Waals surface area contributed by atoms with Gasteiger partial charge in [-0.1, -0.05) is 12.1 Å². The van der Waals surface area contributed by atoms with Crippen LogP contribution < -0.4 is 0 Å². The Morgan fingerprint density at radius 3 is 3.04 bits per heavy atom. The van der Waals surface area contributed by atoms with Crippen LogP contribution in [0.2, 0.25) is 0 Å². The van der Waals surface area contributed by atoms with Gasteiger partial charge >= 0.3 is 0 Å². The molecule has 1 aliphatic rings. The average Bonchev–Trinajstić information content (AvgIpc) is 3.27. The number of likely N-dealkylation sites (tertiary alicyclic amines) is 1. The molecular weight excluding hydrogens is 326 g/mol. The number of H-pyrrole nitrogens is 1. The van der Waals surface area contributed by atoms with Crippen molar-refractivity contribution < 1.29 is 4.79 Å². The van der Waals surface area contributed by atoms with Crippen molar-refractivity contribution in [3.8, 4) is 0 Å². The van der Waals surface area contributed by atoms with E-state index in [1.54, 1.807) is 4.68 Å². The number of carbonyl (C=O) groups is 1. The standard InChI is InChI=1S/C20H25N5O/c1-14-5-3-7-17-19(14)23-20(22-17)16-6-4-10-25(13-16)18(26)9-8-15-11-21-24(2)12-15/h3,5,7,11-12,16H,4,6,8-10,13H2,1-2H3,(H,22,23)/t16-/m1/s1. The van der Waals surface area contributed by atoms with Crippen LogP contribution in [0.3, 0.4) is 0 Å². The SMILES string of the molecule is Cc1cccc2[nH]c([C@@H]3CCCN(C(=O)CCc4cnn(C)c4)C3)nc12. The van der Waals surface area contributed by atoms with Crippen LogP contribution in [0, 0.1) is 6.92 Å². The van der Waals surface area contributed by atoms with Crippen molar-refractivity contribution in [2.24, 2.45) is 7.05 Å². The first-order valence-corrected chi connectivity index (χ1v) is 9.30. The number of nitrogens with zero attached hydrogens (tertiary/aromatic N) is 4. The van der Waals surface area contributed by atoms with Crippen molar-refractivity contribution in [3.05, 3.63) is 47.5 Å². The zero-order chi connectivity index (χ0) is 18.1. The Hall–Kier alpha value is -2.63. The fourth-order valence-electron chi connectivity index (χ4n) is 3.83. The maximum atomic E-state index is 12.6. The number of hydrogen-bond donors (Lipinski definition) is 1. The van der Waals surface area contributed by atoms with Gasteiger partial charge in [0, 0.05) is 38.7 Å². The molecule has 2 aromatic heterocycles. The second-order valence-electron chi connectivity index (χ2n) is 7.29. The third-order valence-corrected chi connectivity index (χ3v) is 5.28. The number of imidazole rings is 1. The van der Waals surface area contributed by atoms with Gasteiger partial charge in [-0.25, -0.2) is 4.98 Å². The number of piperidine rings is 1. The number of carbonyl (C=O) groups excluding carboxylic acids is 1. The van der Waals surface area contributed by atoms with Crippen LogP contribution in [0.1, 0.15) is 42.1 Å². The summed E-state index contributed by atoms with van der Waals surface area (Å²) in [5, 5.41) is 4.17. The molecule has 3 heterocycles. The van der Waals surface area contributed by atoms with E-state index in [9.17, 15) is 4.79 Å². The van der Waals surface area contributed by atoms with Crippen LogP contribution >= 0.6 is 0 Å². The van der Waals surface area contributed by atoms with E-state index in [-0.39, 0.29) is 11.8 Å². The van der Waals surface area contributed by atoms with Gasteiger partial charge in [0.2, 0.25) is 5.91 Å². The summed E-state index contributed by atoms with van der Waals surface area (Å²) in [6.07, 6.45) is 7.20. The molecule has 0 bridgehead atoms. The molecule has 6 heteroatoms. The predicted molar refractivity (Wildman–Crippen MR) is 101 cm³/mol. The number of benzene rings is 1. The van der Waals surface area contributed by atoms with Crippen molar-refractivity contribution in [2.75, 3.05) is 13.1 Å². The van der Waals surface area contributed by atoms with Gasteiger partial charge in [-0.3, -0.25) is 9.48 Å². The number of fused-ring (bicyclic) bond motifs is 1. The first-order valence-electron chi connectivity index (χ1n) is 9.30. The summed E-state index contributed by atoms with van der Waals surface area (Å²) in [5.41, 5.74) is 4.43. The zero-order valence-corrected chi connectivity index (χ0v) is 15.4.